The summed E-state index contributed by atoms with van der Waals surface area (Å²) in [5, 5.41) is 3.15. The maximum absolute atomic E-state index is 12.9. The van der Waals surface area contributed by atoms with E-state index in [1.165, 1.54) is 44.1 Å². The van der Waals surface area contributed by atoms with Crippen molar-refractivity contribution in [3.05, 3.63) is 48.0 Å². The largest absolute Gasteiger partial charge is 0.436 e. The number of oxazole rings is 1. The van der Waals surface area contributed by atoms with Crippen molar-refractivity contribution in [3.8, 4) is 11.5 Å². The molecule has 0 unspecified atom stereocenters. The molecule has 4 aliphatic rings. The van der Waals surface area contributed by atoms with E-state index in [2.05, 4.69) is 29.4 Å². The van der Waals surface area contributed by atoms with Gasteiger partial charge in [0.2, 0.25) is 11.8 Å². The number of anilines is 1. The third-order valence-corrected chi connectivity index (χ3v) is 7.64. The minimum Gasteiger partial charge on any atom is -0.436 e. The zero-order valence-electron chi connectivity index (χ0n) is 17.5. The molecule has 4 nitrogen and oxygen atoms in total. The number of nitrogens with one attached hydrogen (secondary N) is 1. The SMILES string of the molecule is Cc1cccc(-c2nc3cc(NC(=O)CC45CC6CC(CC(C6)C4)C5)ccc3o2)c1. The quantitative estimate of drug-likeness (QED) is 0.555. The number of amides is 1. The van der Waals surface area contributed by atoms with Crippen LogP contribution in [0.5, 0.6) is 0 Å². The fraction of sp³-hybridized carbons (Fsp3) is 0.462. The van der Waals surface area contributed by atoms with Crippen molar-refractivity contribution in [2.24, 2.45) is 23.2 Å². The molecule has 0 radical (unpaired) electrons. The number of fused-ring (bicyclic) bond motifs is 1. The van der Waals surface area contributed by atoms with Gasteiger partial charge in [-0.25, -0.2) is 4.98 Å². The molecule has 0 spiro atoms. The molecule has 4 bridgehead atoms. The van der Waals surface area contributed by atoms with E-state index in [9.17, 15) is 4.79 Å². The predicted molar refractivity (Wildman–Crippen MR) is 118 cm³/mol. The number of rotatable bonds is 4. The average molecular weight is 401 g/mol. The highest BCUT2D eigenvalue weighted by molar-refractivity contribution is 5.93. The van der Waals surface area contributed by atoms with Crippen LogP contribution >= 0.6 is 0 Å². The van der Waals surface area contributed by atoms with Crippen LogP contribution in [0.2, 0.25) is 0 Å². The first kappa shape index (κ1) is 18.2. The molecule has 0 saturated heterocycles. The first-order chi connectivity index (χ1) is 14.5. The Labute approximate surface area is 177 Å². The van der Waals surface area contributed by atoms with E-state index in [0.717, 1.165) is 40.1 Å². The van der Waals surface area contributed by atoms with Gasteiger partial charge in [0.25, 0.3) is 0 Å². The molecule has 30 heavy (non-hydrogen) atoms. The fourth-order valence-corrected chi connectivity index (χ4v) is 6.96. The molecule has 1 N–H and O–H groups in total. The first-order valence-electron chi connectivity index (χ1n) is 11.3. The lowest BCUT2D eigenvalue weighted by Crippen LogP contribution is -2.47. The molecule has 2 aromatic carbocycles. The second-order valence-electron chi connectivity index (χ2n) is 10.2. The number of nitrogens with zero attached hydrogens (tertiary/aromatic N) is 1. The van der Waals surface area contributed by atoms with Gasteiger partial charge in [0.1, 0.15) is 5.52 Å². The summed E-state index contributed by atoms with van der Waals surface area (Å²) in [6, 6.07) is 13.9. The molecule has 0 aliphatic heterocycles. The number of aromatic nitrogens is 1. The highest BCUT2D eigenvalue weighted by Gasteiger charge is 2.51. The van der Waals surface area contributed by atoms with E-state index in [1.807, 2.05) is 30.3 Å². The molecule has 4 saturated carbocycles. The number of carbonyl (C=O) groups excluding carboxylic acids is 1. The van der Waals surface area contributed by atoms with E-state index in [4.69, 9.17) is 4.42 Å². The first-order valence-corrected chi connectivity index (χ1v) is 11.3. The Kier molecular flexibility index (Phi) is 4.06. The predicted octanol–water partition coefficient (Wildman–Crippen LogP) is 6.35. The van der Waals surface area contributed by atoms with Crippen molar-refractivity contribution in [1.82, 2.24) is 4.98 Å². The zero-order valence-corrected chi connectivity index (χ0v) is 17.5. The lowest BCUT2D eigenvalue weighted by atomic mass is 9.49. The Hall–Kier alpha value is -2.62. The van der Waals surface area contributed by atoms with Gasteiger partial charge in [0, 0.05) is 17.7 Å². The van der Waals surface area contributed by atoms with Gasteiger partial charge >= 0.3 is 0 Å². The molecule has 4 fully saturated rings. The molecule has 1 heterocycles. The van der Waals surface area contributed by atoms with Gasteiger partial charge < -0.3 is 9.73 Å². The Morgan fingerprint density at radius 2 is 1.80 bits per heavy atom. The van der Waals surface area contributed by atoms with E-state index in [1.54, 1.807) is 0 Å². The molecule has 7 rings (SSSR count). The Balaban J connectivity index is 1.19. The normalized spacial score (nSPS) is 29.4. The van der Waals surface area contributed by atoms with Gasteiger partial charge in [0.05, 0.1) is 0 Å². The molecular formula is C26H28N2O2. The third kappa shape index (κ3) is 3.23. The van der Waals surface area contributed by atoms with Crippen molar-refractivity contribution in [2.75, 3.05) is 5.32 Å². The molecular weight excluding hydrogens is 372 g/mol. The topological polar surface area (TPSA) is 55.1 Å². The van der Waals surface area contributed by atoms with Crippen LogP contribution < -0.4 is 5.32 Å². The highest BCUT2D eigenvalue weighted by Crippen LogP contribution is 2.61. The standard InChI is InChI=1S/C26H28N2O2/c1-16-3-2-4-20(7-16)25-28-22-11-21(5-6-23(22)30-25)27-24(29)15-26-12-17-8-18(13-26)10-19(9-17)14-26/h2-7,11,17-19H,8-10,12-15H2,1H3,(H,27,29). The second-order valence-corrected chi connectivity index (χ2v) is 10.2. The minimum absolute atomic E-state index is 0.152. The summed E-state index contributed by atoms with van der Waals surface area (Å²) in [5.74, 6) is 3.38. The number of hydrogen-bond acceptors (Lipinski definition) is 3. The zero-order chi connectivity index (χ0) is 20.3. The van der Waals surface area contributed by atoms with Crippen LogP contribution in [0.15, 0.2) is 46.9 Å². The number of benzene rings is 2. The minimum atomic E-state index is 0.152. The van der Waals surface area contributed by atoms with E-state index in [0.29, 0.717) is 12.3 Å². The van der Waals surface area contributed by atoms with Gasteiger partial charge in [-0.15, -0.1) is 0 Å². The summed E-state index contributed by atoms with van der Waals surface area (Å²) in [6.07, 6.45) is 8.67. The summed E-state index contributed by atoms with van der Waals surface area (Å²) in [7, 11) is 0. The van der Waals surface area contributed by atoms with Gasteiger partial charge in [-0.2, -0.15) is 0 Å². The van der Waals surface area contributed by atoms with Crippen LogP contribution in [0.1, 0.15) is 50.5 Å². The Morgan fingerprint density at radius 3 is 2.50 bits per heavy atom. The van der Waals surface area contributed by atoms with Crippen molar-refractivity contribution in [2.45, 2.75) is 51.9 Å². The van der Waals surface area contributed by atoms with Gasteiger partial charge in [-0.1, -0.05) is 17.7 Å². The van der Waals surface area contributed by atoms with E-state index < -0.39 is 0 Å². The average Bonchev–Trinajstić information content (AvgIpc) is 3.10. The van der Waals surface area contributed by atoms with Crippen molar-refractivity contribution >= 4 is 22.7 Å². The van der Waals surface area contributed by atoms with Crippen LogP contribution in [0.3, 0.4) is 0 Å². The van der Waals surface area contributed by atoms with Crippen molar-refractivity contribution in [3.63, 3.8) is 0 Å². The summed E-state index contributed by atoms with van der Waals surface area (Å²) < 4.78 is 5.94. The number of aryl methyl sites for hydroxylation is 1. The van der Waals surface area contributed by atoms with Crippen molar-refractivity contribution < 1.29 is 9.21 Å². The van der Waals surface area contributed by atoms with Crippen LogP contribution in [0.25, 0.3) is 22.6 Å². The monoisotopic (exact) mass is 400 g/mol. The van der Waals surface area contributed by atoms with Crippen molar-refractivity contribution in [1.29, 1.82) is 0 Å². The number of carbonyl (C=O) groups is 1. The van der Waals surface area contributed by atoms with E-state index >= 15 is 0 Å². The smallest absolute Gasteiger partial charge is 0.227 e. The molecule has 154 valence electrons. The summed E-state index contributed by atoms with van der Waals surface area (Å²) in [4.78, 5) is 17.6. The van der Waals surface area contributed by atoms with Crippen LogP contribution in [0, 0.1) is 30.1 Å². The third-order valence-electron chi connectivity index (χ3n) is 7.64. The van der Waals surface area contributed by atoms with Gasteiger partial charge in [-0.3, -0.25) is 4.79 Å². The van der Waals surface area contributed by atoms with Gasteiger partial charge in [0.15, 0.2) is 5.58 Å². The molecule has 1 amide bonds. The van der Waals surface area contributed by atoms with Crippen LogP contribution in [-0.4, -0.2) is 10.9 Å². The van der Waals surface area contributed by atoms with Gasteiger partial charge in [-0.05, 0) is 98.9 Å². The molecule has 4 aliphatic carbocycles. The molecule has 3 aromatic rings. The summed E-state index contributed by atoms with van der Waals surface area (Å²) >= 11 is 0. The maximum atomic E-state index is 12.9. The summed E-state index contributed by atoms with van der Waals surface area (Å²) in [5.41, 5.74) is 4.73. The second kappa shape index (κ2) is 6.69. The van der Waals surface area contributed by atoms with Crippen LogP contribution in [-0.2, 0) is 4.79 Å². The lowest BCUT2D eigenvalue weighted by Gasteiger charge is -2.56. The Morgan fingerprint density at radius 1 is 1.07 bits per heavy atom. The maximum Gasteiger partial charge on any atom is 0.227 e. The fourth-order valence-electron chi connectivity index (χ4n) is 6.96. The molecule has 1 aromatic heterocycles. The molecule has 4 heteroatoms. The van der Waals surface area contributed by atoms with Crippen LogP contribution in [0.4, 0.5) is 5.69 Å². The number of hydrogen-bond donors (Lipinski definition) is 1. The molecule has 0 atom stereocenters. The van der Waals surface area contributed by atoms with E-state index in [-0.39, 0.29) is 11.3 Å². The highest BCUT2D eigenvalue weighted by atomic mass is 16.3. The Bertz CT molecular complexity index is 1090. The lowest BCUT2D eigenvalue weighted by molar-refractivity contribution is -0.124. The summed E-state index contributed by atoms with van der Waals surface area (Å²) in [6.45, 7) is 2.06.